The Balaban J connectivity index is 1.33. The smallest absolute Gasteiger partial charge is 0.269 e. The highest BCUT2D eigenvalue weighted by atomic mass is 16.6. The van der Waals surface area contributed by atoms with Crippen LogP contribution >= 0.6 is 0 Å². The van der Waals surface area contributed by atoms with E-state index < -0.39 is 9.85 Å². The average molecular weight is 396 g/mol. The van der Waals surface area contributed by atoms with E-state index in [4.69, 9.17) is 0 Å². The highest BCUT2D eigenvalue weighted by Gasteiger charge is 2.43. The van der Waals surface area contributed by atoms with E-state index in [1.807, 2.05) is 10.0 Å². The third-order valence-corrected chi connectivity index (χ3v) is 4.85. The summed E-state index contributed by atoms with van der Waals surface area (Å²) in [4.78, 5) is 20.4. The molecule has 0 N–H and O–H groups in total. The molecule has 0 aliphatic carbocycles. The van der Waals surface area contributed by atoms with Crippen LogP contribution in [0.5, 0.6) is 0 Å². The number of nitro benzene ring substituents is 2. The molecule has 12 heteroatoms. The number of piperazine rings is 1. The van der Waals surface area contributed by atoms with Gasteiger partial charge in [0, 0.05) is 24.3 Å². The molecular weight excluding hydrogens is 380 g/mol. The summed E-state index contributed by atoms with van der Waals surface area (Å²) in [7, 11) is 0. The van der Waals surface area contributed by atoms with Crippen LogP contribution < -0.4 is 0 Å². The molecule has 2 aromatic rings. The minimum atomic E-state index is -0.458. The zero-order valence-electron chi connectivity index (χ0n) is 15.1. The quantitative estimate of drug-likeness (QED) is 0.411. The second kappa shape index (κ2) is 7.58. The van der Waals surface area contributed by atoms with Gasteiger partial charge in [-0.25, -0.2) is 0 Å². The predicted molar refractivity (Wildman–Crippen MR) is 101 cm³/mol. The Labute approximate surface area is 164 Å². The van der Waals surface area contributed by atoms with E-state index >= 15 is 0 Å². The molecule has 0 saturated carbocycles. The first-order chi connectivity index (χ1) is 14.0. The summed E-state index contributed by atoms with van der Waals surface area (Å²) < 4.78 is 0. The van der Waals surface area contributed by atoms with Crippen molar-refractivity contribution in [2.24, 2.45) is 20.7 Å². The van der Waals surface area contributed by atoms with E-state index in [9.17, 15) is 20.2 Å². The van der Waals surface area contributed by atoms with E-state index in [0.29, 0.717) is 24.5 Å². The van der Waals surface area contributed by atoms with Crippen LogP contribution in [0.2, 0.25) is 0 Å². The van der Waals surface area contributed by atoms with Crippen LogP contribution in [0.1, 0.15) is 6.42 Å². The number of fused-ring (bicyclic) bond motifs is 2. The van der Waals surface area contributed by atoms with E-state index in [0.717, 1.165) is 6.42 Å². The average Bonchev–Trinajstić information content (AvgIpc) is 3.31. The van der Waals surface area contributed by atoms with Gasteiger partial charge in [-0.05, 0) is 30.7 Å². The highest BCUT2D eigenvalue weighted by Crippen LogP contribution is 2.32. The fourth-order valence-electron chi connectivity index (χ4n) is 3.34. The van der Waals surface area contributed by atoms with Gasteiger partial charge in [0.1, 0.15) is 0 Å². The summed E-state index contributed by atoms with van der Waals surface area (Å²) in [6, 6.07) is 12.1. The number of nitro groups is 2. The SMILES string of the molecule is O=[N+]([O-])c1ccc(N=NN2C[C@@H]3C[C@H]2CN3N=Nc2ccc([N+](=O)[O-])cc2)cc1. The third-order valence-electron chi connectivity index (χ3n) is 4.85. The number of hydrogen-bond donors (Lipinski definition) is 0. The molecule has 0 spiro atoms. The Bertz CT molecular complexity index is 896. The van der Waals surface area contributed by atoms with Crippen molar-refractivity contribution >= 4 is 22.7 Å². The fourth-order valence-corrected chi connectivity index (χ4v) is 3.34. The second-order valence-electron chi connectivity index (χ2n) is 6.71. The van der Waals surface area contributed by atoms with Gasteiger partial charge >= 0.3 is 0 Å². The molecule has 12 nitrogen and oxygen atoms in total. The standard InChI is InChI=1S/C17H16N8O4/c26-24(27)14-5-1-12(2-6-14)18-20-22-10-17-9-16(22)11-23(17)21-19-13-3-7-15(8-4-13)25(28)29/h1-8,16-17H,9-11H2/t16-,17-/m0/s1. The molecule has 2 heterocycles. The molecule has 0 amide bonds. The molecule has 29 heavy (non-hydrogen) atoms. The summed E-state index contributed by atoms with van der Waals surface area (Å²) in [6.07, 6.45) is 0.887. The highest BCUT2D eigenvalue weighted by molar-refractivity contribution is 5.44. The van der Waals surface area contributed by atoms with E-state index in [-0.39, 0.29) is 23.5 Å². The molecule has 2 atom stereocenters. The van der Waals surface area contributed by atoms with Crippen molar-refractivity contribution < 1.29 is 9.85 Å². The largest absolute Gasteiger partial charge is 0.271 e. The lowest BCUT2D eigenvalue weighted by molar-refractivity contribution is -0.385. The van der Waals surface area contributed by atoms with Gasteiger partial charge in [-0.1, -0.05) is 10.4 Å². The van der Waals surface area contributed by atoms with Gasteiger partial charge < -0.3 is 0 Å². The van der Waals surface area contributed by atoms with Gasteiger partial charge in [0.05, 0.1) is 46.4 Å². The first-order valence-electron chi connectivity index (χ1n) is 8.85. The lowest BCUT2D eigenvalue weighted by atomic mass is 10.2. The minimum absolute atomic E-state index is 0.0122. The molecule has 2 aliphatic heterocycles. The van der Waals surface area contributed by atoms with Crippen LogP contribution in [-0.2, 0) is 0 Å². The Morgan fingerprint density at radius 2 is 1.10 bits per heavy atom. The van der Waals surface area contributed by atoms with E-state index in [1.54, 1.807) is 24.3 Å². The molecule has 0 aromatic heterocycles. The predicted octanol–water partition coefficient (Wildman–Crippen LogP) is 3.96. The molecule has 2 saturated heterocycles. The lowest BCUT2D eigenvalue weighted by Crippen LogP contribution is -2.41. The van der Waals surface area contributed by atoms with Gasteiger partial charge in [0.25, 0.3) is 11.4 Å². The first kappa shape index (κ1) is 18.4. The summed E-state index contributed by atoms with van der Waals surface area (Å²) >= 11 is 0. The normalized spacial score (nSPS) is 20.8. The Morgan fingerprint density at radius 3 is 1.41 bits per heavy atom. The number of nitrogens with zero attached hydrogens (tertiary/aromatic N) is 8. The van der Waals surface area contributed by atoms with Crippen molar-refractivity contribution in [1.82, 2.24) is 10.0 Å². The van der Waals surface area contributed by atoms with Crippen molar-refractivity contribution in [3.05, 3.63) is 68.8 Å². The molecule has 2 aliphatic rings. The number of benzene rings is 2. The molecule has 4 rings (SSSR count). The second-order valence-corrected chi connectivity index (χ2v) is 6.71. The third kappa shape index (κ3) is 4.00. The zero-order chi connectivity index (χ0) is 20.4. The Morgan fingerprint density at radius 1 is 0.724 bits per heavy atom. The van der Waals surface area contributed by atoms with E-state index in [2.05, 4.69) is 20.7 Å². The van der Waals surface area contributed by atoms with Gasteiger partial charge in [-0.2, -0.15) is 0 Å². The van der Waals surface area contributed by atoms with Crippen molar-refractivity contribution in [2.75, 3.05) is 13.1 Å². The Hall–Kier alpha value is -3.96. The van der Waals surface area contributed by atoms with Crippen LogP contribution in [0.25, 0.3) is 0 Å². The van der Waals surface area contributed by atoms with Crippen molar-refractivity contribution in [2.45, 2.75) is 18.5 Å². The maximum absolute atomic E-state index is 10.7. The number of non-ortho nitro benzene ring substituents is 2. The molecule has 2 fully saturated rings. The number of hydrogen-bond acceptors (Lipinski definition) is 8. The van der Waals surface area contributed by atoms with Crippen LogP contribution in [0.3, 0.4) is 0 Å². The first-order valence-corrected chi connectivity index (χ1v) is 8.85. The molecule has 2 aromatic carbocycles. The van der Waals surface area contributed by atoms with Gasteiger partial charge in [-0.3, -0.25) is 30.2 Å². The van der Waals surface area contributed by atoms with Crippen LogP contribution in [-0.4, -0.2) is 45.0 Å². The van der Waals surface area contributed by atoms with E-state index in [1.165, 1.54) is 24.3 Å². The Kier molecular flexibility index (Phi) is 4.81. The molecule has 148 valence electrons. The lowest BCUT2D eigenvalue weighted by Gasteiger charge is -2.28. The van der Waals surface area contributed by atoms with Gasteiger partial charge in [-0.15, -0.1) is 10.2 Å². The van der Waals surface area contributed by atoms with Crippen molar-refractivity contribution in [3.8, 4) is 0 Å². The van der Waals surface area contributed by atoms with Crippen LogP contribution in [0.15, 0.2) is 69.2 Å². The van der Waals surface area contributed by atoms with Crippen molar-refractivity contribution in [1.29, 1.82) is 0 Å². The maximum Gasteiger partial charge on any atom is 0.269 e. The molecule has 2 bridgehead atoms. The van der Waals surface area contributed by atoms with Crippen LogP contribution in [0.4, 0.5) is 22.7 Å². The zero-order valence-corrected chi connectivity index (χ0v) is 15.1. The summed E-state index contributed by atoms with van der Waals surface area (Å²) in [5, 5.41) is 41.9. The number of rotatable bonds is 6. The maximum atomic E-state index is 10.7. The summed E-state index contributed by atoms with van der Waals surface area (Å²) in [6.45, 7) is 1.31. The van der Waals surface area contributed by atoms with Crippen LogP contribution in [0, 0.1) is 20.2 Å². The van der Waals surface area contributed by atoms with Gasteiger partial charge in [0.2, 0.25) is 0 Å². The molecular formula is C17H16N8O4. The van der Waals surface area contributed by atoms with Gasteiger partial charge in [0.15, 0.2) is 0 Å². The molecule has 0 unspecified atom stereocenters. The summed E-state index contributed by atoms with van der Waals surface area (Å²) in [5.41, 5.74) is 1.12. The minimum Gasteiger partial charge on any atom is -0.271 e. The molecule has 0 radical (unpaired) electrons. The monoisotopic (exact) mass is 396 g/mol. The fraction of sp³-hybridized carbons (Fsp3) is 0.294. The summed E-state index contributed by atoms with van der Waals surface area (Å²) in [5.74, 6) is 0. The van der Waals surface area contributed by atoms with Crippen molar-refractivity contribution in [3.63, 3.8) is 0 Å². The topological polar surface area (TPSA) is 142 Å².